The minimum absolute atomic E-state index is 0.110. The monoisotopic (exact) mass is 312 g/mol. The molecule has 0 aliphatic heterocycles. The average Bonchev–Trinajstić information content (AvgIpc) is 2.65. The van der Waals surface area contributed by atoms with Crippen LogP contribution < -0.4 is 4.90 Å². The van der Waals surface area contributed by atoms with Gasteiger partial charge in [0.15, 0.2) is 0 Å². The number of likely N-dealkylation sites (N-methyl/N-ethyl adjacent to an activating group) is 1. The summed E-state index contributed by atoms with van der Waals surface area (Å²) in [5.41, 5.74) is 2.82. The van der Waals surface area contributed by atoms with Crippen LogP contribution in [0.15, 0.2) is 60.2 Å². The molecule has 0 fully saturated rings. The minimum atomic E-state index is -0.164. The lowest BCUT2D eigenvalue weighted by molar-refractivity contribution is 0.877. The van der Waals surface area contributed by atoms with E-state index >= 15 is 0 Å². The minimum Gasteiger partial charge on any atom is -0.374 e. The fourth-order valence-corrected chi connectivity index (χ4v) is 2.35. The number of rotatable bonds is 5. The molecule has 2 aromatic carbocycles. The second kappa shape index (κ2) is 8.18. The first-order chi connectivity index (χ1) is 11.7. The van der Waals surface area contributed by atoms with Gasteiger partial charge in [-0.15, -0.1) is 0 Å². The Balaban J connectivity index is 2.12. The molecule has 0 aliphatic carbocycles. The molecule has 116 valence electrons. The Bertz CT molecular complexity index is 828. The molecule has 0 aromatic heterocycles. The third-order valence-corrected chi connectivity index (χ3v) is 3.76. The van der Waals surface area contributed by atoms with E-state index in [0.717, 1.165) is 18.7 Å². The molecule has 0 amide bonds. The molecule has 0 saturated carbocycles. The Morgan fingerprint density at radius 3 is 2.04 bits per heavy atom. The summed E-state index contributed by atoms with van der Waals surface area (Å²) in [6.07, 6.45) is 0.940. The van der Waals surface area contributed by atoms with Gasteiger partial charge in [0.25, 0.3) is 0 Å². The van der Waals surface area contributed by atoms with Crippen molar-refractivity contribution in [2.75, 3.05) is 18.5 Å². The lowest BCUT2D eigenvalue weighted by atomic mass is 10.0. The van der Waals surface area contributed by atoms with Gasteiger partial charge in [-0.2, -0.15) is 15.8 Å². The first kappa shape index (κ1) is 16.8. The predicted octanol–water partition coefficient (Wildman–Crippen LogP) is 3.69. The van der Waals surface area contributed by atoms with E-state index in [9.17, 15) is 5.26 Å². The Hall–Kier alpha value is -3.55. The Labute approximate surface area is 142 Å². The number of hydrogen-bond donors (Lipinski definition) is 0. The standard InChI is InChI=1S/C20H16N4/c1-24(12-11-16-5-3-2-4-6-16)19-9-7-17(8-10-19)20(15-23)18(13-21)14-22/h2-10H,11-12H2,1H3. The Morgan fingerprint density at radius 2 is 1.50 bits per heavy atom. The number of nitrogens with zero attached hydrogens (tertiary/aromatic N) is 4. The molecule has 0 aliphatic rings. The van der Waals surface area contributed by atoms with Gasteiger partial charge < -0.3 is 4.90 Å². The van der Waals surface area contributed by atoms with E-state index in [0.29, 0.717) is 5.56 Å². The fourth-order valence-electron chi connectivity index (χ4n) is 2.35. The molecule has 24 heavy (non-hydrogen) atoms. The van der Waals surface area contributed by atoms with Crippen molar-refractivity contribution in [1.82, 2.24) is 0 Å². The van der Waals surface area contributed by atoms with Crippen LogP contribution in [0.4, 0.5) is 5.69 Å². The van der Waals surface area contributed by atoms with E-state index in [1.54, 1.807) is 24.3 Å². The third-order valence-electron chi connectivity index (χ3n) is 3.76. The highest BCUT2D eigenvalue weighted by Gasteiger charge is 2.09. The van der Waals surface area contributed by atoms with Crippen LogP contribution in [0.1, 0.15) is 11.1 Å². The number of nitriles is 3. The van der Waals surface area contributed by atoms with Gasteiger partial charge in [0, 0.05) is 19.3 Å². The van der Waals surface area contributed by atoms with Crippen molar-refractivity contribution >= 4 is 11.3 Å². The molecule has 0 heterocycles. The number of allylic oxidation sites excluding steroid dienone is 2. The number of hydrogen-bond acceptors (Lipinski definition) is 4. The second-order valence-electron chi connectivity index (χ2n) is 5.29. The molecular weight excluding hydrogens is 296 g/mol. The van der Waals surface area contributed by atoms with Crippen molar-refractivity contribution in [3.05, 3.63) is 71.3 Å². The van der Waals surface area contributed by atoms with Gasteiger partial charge >= 0.3 is 0 Å². The zero-order valence-electron chi connectivity index (χ0n) is 13.4. The van der Waals surface area contributed by atoms with Crippen molar-refractivity contribution in [3.63, 3.8) is 0 Å². The summed E-state index contributed by atoms with van der Waals surface area (Å²) in [5.74, 6) is 0. The van der Waals surface area contributed by atoms with Crippen molar-refractivity contribution in [1.29, 1.82) is 15.8 Å². The summed E-state index contributed by atoms with van der Waals surface area (Å²) in [6.45, 7) is 0.867. The van der Waals surface area contributed by atoms with Gasteiger partial charge in [-0.05, 0) is 29.7 Å². The van der Waals surface area contributed by atoms with E-state index in [2.05, 4.69) is 17.0 Å². The lowest BCUT2D eigenvalue weighted by Crippen LogP contribution is -2.20. The predicted molar refractivity (Wildman–Crippen MR) is 93.6 cm³/mol. The van der Waals surface area contributed by atoms with E-state index in [1.165, 1.54) is 5.56 Å². The average molecular weight is 312 g/mol. The highest BCUT2D eigenvalue weighted by molar-refractivity contribution is 5.84. The summed E-state index contributed by atoms with van der Waals surface area (Å²) in [7, 11) is 2.01. The molecule has 0 radical (unpaired) electrons. The quantitative estimate of drug-likeness (QED) is 0.789. The van der Waals surface area contributed by atoms with Gasteiger partial charge in [0.05, 0.1) is 5.57 Å². The summed E-state index contributed by atoms with van der Waals surface area (Å²) in [6, 6.07) is 23.0. The normalized spacial score (nSPS) is 9.25. The molecule has 0 saturated heterocycles. The molecule has 4 heteroatoms. The molecule has 0 N–H and O–H groups in total. The summed E-state index contributed by atoms with van der Waals surface area (Å²) < 4.78 is 0. The summed E-state index contributed by atoms with van der Waals surface area (Å²) >= 11 is 0. The van der Waals surface area contributed by atoms with Crippen LogP contribution in [0, 0.1) is 34.0 Å². The van der Waals surface area contributed by atoms with E-state index in [-0.39, 0.29) is 11.1 Å². The van der Waals surface area contributed by atoms with E-state index in [1.807, 2.05) is 43.4 Å². The molecule has 2 aromatic rings. The van der Waals surface area contributed by atoms with E-state index < -0.39 is 0 Å². The topological polar surface area (TPSA) is 74.6 Å². The second-order valence-corrected chi connectivity index (χ2v) is 5.29. The van der Waals surface area contributed by atoms with Crippen LogP contribution >= 0.6 is 0 Å². The van der Waals surface area contributed by atoms with Crippen molar-refractivity contribution in [3.8, 4) is 18.2 Å². The molecule has 0 atom stereocenters. The highest BCUT2D eigenvalue weighted by Crippen LogP contribution is 2.21. The maximum absolute atomic E-state index is 9.18. The van der Waals surface area contributed by atoms with Crippen molar-refractivity contribution in [2.24, 2.45) is 0 Å². The highest BCUT2D eigenvalue weighted by atomic mass is 15.1. The maximum Gasteiger partial charge on any atom is 0.148 e. The fraction of sp³-hybridized carbons (Fsp3) is 0.150. The smallest absolute Gasteiger partial charge is 0.148 e. The molecule has 0 unspecified atom stereocenters. The summed E-state index contributed by atoms with van der Waals surface area (Å²) in [5, 5.41) is 27.0. The van der Waals surface area contributed by atoms with Crippen molar-refractivity contribution in [2.45, 2.75) is 6.42 Å². The zero-order valence-corrected chi connectivity index (χ0v) is 13.4. The van der Waals surface area contributed by atoms with Crippen LogP contribution in [-0.2, 0) is 6.42 Å². The van der Waals surface area contributed by atoms with Gasteiger partial charge in [0.1, 0.15) is 23.8 Å². The first-order valence-corrected chi connectivity index (χ1v) is 7.49. The van der Waals surface area contributed by atoms with Crippen LogP contribution in [0.2, 0.25) is 0 Å². The number of benzene rings is 2. The molecular formula is C20H16N4. The van der Waals surface area contributed by atoms with Gasteiger partial charge in [-0.3, -0.25) is 0 Å². The molecule has 0 spiro atoms. The van der Waals surface area contributed by atoms with E-state index in [4.69, 9.17) is 10.5 Å². The Morgan fingerprint density at radius 1 is 0.875 bits per heavy atom. The van der Waals surface area contributed by atoms with Crippen LogP contribution in [0.5, 0.6) is 0 Å². The van der Waals surface area contributed by atoms with Crippen molar-refractivity contribution < 1.29 is 0 Å². The maximum atomic E-state index is 9.18. The Kier molecular flexibility index (Phi) is 5.73. The largest absolute Gasteiger partial charge is 0.374 e. The van der Waals surface area contributed by atoms with Gasteiger partial charge in [-0.25, -0.2) is 0 Å². The van der Waals surface area contributed by atoms with Gasteiger partial charge in [-0.1, -0.05) is 42.5 Å². The SMILES string of the molecule is CN(CCc1ccccc1)c1ccc(C(C#N)=C(C#N)C#N)cc1. The molecule has 2 rings (SSSR count). The lowest BCUT2D eigenvalue weighted by Gasteiger charge is -2.19. The molecule has 4 nitrogen and oxygen atoms in total. The summed E-state index contributed by atoms with van der Waals surface area (Å²) in [4.78, 5) is 2.13. The van der Waals surface area contributed by atoms with Crippen LogP contribution in [-0.4, -0.2) is 13.6 Å². The molecule has 0 bridgehead atoms. The van der Waals surface area contributed by atoms with Crippen LogP contribution in [0.3, 0.4) is 0 Å². The number of anilines is 1. The van der Waals surface area contributed by atoms with Crippen LogP contribution in [0.25, 0.3) is 5.57 Å². The first-order valence-electron chi connectivity index (χ1n) is 7.49. The zero-order chi connectivity index (χ0) is 17.4. The van der Waals surface area contributed by atoms with Gasteiger partial charge in [0.2, 0.25) is 0 Å². The third kappa shape index (κ3) is 4.01.